The minimum absolute atomic E-state index is 0.0655. The Labute approximate surface area is 236 Å². The van der Waals surface area contributed by atoms with E-state index in [1.165, 1.54) is 39.0 Å². The number of anilines is 1. The Bertz CT molecular complexity index is 1340. The van der Waals surface area contributed by atoms with E-state index in [-0.39, 0.29) is 11.3 Å². The van der Waals surface area contributed by atoms with Gasteiger partial charge in [0.15, 0.2) is 23.7 Å². The van der Waals surface area contributed by atoms with Gasteiger partial charge >= 0.3 is 17.9 Å². The van der Waals surface area contributed by atoms with E-state index in [1.807, 2.05) is 0 Å². The van der Waals surface area contributed by atoms with Crippen molar-refractivity contribution in [3.63, 3.8) is 0 Å². The second-order valence-corrected chi connectivity index (χ2v) is 10.3. The summed E-state index contributed by atoms with van der Waals surface area (Å²) in [6.45, 7) is 7.09. The van der Waals surface area contributed by atoms with E-state index < -0.39 is 71.0 Å². The SMILES string of the molecule is CC(C)[C@@H]1OC(=O)[C@@H](NC(=O)c2cccc(NC=O)c2O)[C@@H](C)OC(=O)C(C)(C)C(=O)[C@@H](c2ccccc2)OC1=O. The third-order valence-electron chi connectivity index (χ3n) is 6.58. The van der Waals surface area contributed by atoms with Crippen LogP contribution in [-0.2, 0) is 38.2 Å². The van der Waals surface area contributed by atoms with E-state index in [4.69, 9.17) is 14.2 Å². The van der Waals surface area contributed by atoms with Crippen LogP contribution in [0.25, 0.3) is 0 Å². The molecule has 3 N–H and O–H groups in total. The Morgan fingerprint density at radius 3 is 2.22 bits per heavy atom. The Hall–Kier alpha value is -4.74. The van der Waals surface area contributed by atoms with Gasteiger partial charge in [-0.25, -0.2) is 9.59 Å². The smallest absolute Gasteiger partial charge is 0.348 e. The number of amides is 2. The van der Waals surface area contributed by atoms with Crippen LogP contribution in [0.5, 0.6) is 5.75 Å². The largest absolute Gasteiger partial charge is 0.505 e. The minimum Gasteiger partial charge on any atom is -0.505 e. The fourth-order valence-electron chi connectivity index (χ4n) is 4.04. The number of aromatic hydroxyl groups is 1. The molecule has 12 nitrogen and oxygen atoms in total. The van der Waals surface area contributed by atoms with Gasteiger partial charge in [0.05, 0.1) is 11.3 Å². The number of rotatable bonds is 6. The summed E-state index contributed by atoms with van der Waals surface area (Å²) < 4.78 is 16.5. The number of para-hydroxylation sites is 1. The summed E-state index contributed by atoms with van der Waals surface area (Å²) in [4.78, 5) is 77.5. The summed E-state index contributed by atoms with van der Waals surface area (Å²) >= 11 is 0. The quantitative estimate of drug-likeness (QED) is 0.154. The number of phenolic OH excluding ortho intramolecular Hbond substituents is 1. The monoisotopic (exact) mass is 568 g/mol. The molecule has 2 aromatic rings. The maximum absolute atomic E-state index is 13.6. The van der Waals surface area contributed by atoms with Crippen LogP contribution in [0.3, 0.4) is 0 Å². The molecule has 0 bridgehead atoms. The van der Waals surface area contributed by atoms with Gasteiger partial charge in [0.2, 0.25) is 12.5 Å². The lowest BCUT2D eigenvalue weighted by molar-refractivity contribution is -0.185. The normalized spacial score (nSPS) is 23.3. The predicted molar refractivity (Wildman–Crippen MR) is 143 cm³/mol. The van der Waals surface area contributed by atoms with Crippen molar-refractivity contribution < 1.29 is 48.1 Å². The number of Topliss-reactive ketones (excluding diaryl/α,β-unsaturated/α-hetero) is 1. The number of benzene rings is 2. The van der Waals surface area contributed by atoms with Gasteiger partial charge in [-0.15, -0.1) is 0 Å². The summed E-state index contributed by atoms with van der Waals surface area (Å²) in [7, 11) is 0. The molecule has 0 spiro atoms. The molecule has 218 valence electrons. The predicted octanol–water partition coefficient (Wildman–Crippen LogP) is 2.45. The van der Waals surface area contributed by atoms with Crippen molar-refractivity contribution in [3.8, 4) is 5.75 Å². The molecule has 1 heterocycles. The summed E-state index contributed by atoms with van der Waals surface area (Å²) in [6, 6.07) is 10.4. The molecule has 1 aliphatic heterocycles. The zero-order chi connectivity index (χ0) is 30.5. The van der Waals surface area contributed by atoms with E-state index in [1.54, 1.807) is 44.2 Å². The van der Waals surface area contributed by atoms with Crippen LogP contribution in [0, 0.1) is 11.3 Å². The van der Waals surface area contributed by atoms with Crippen molar-refractivity contribution in [2.24, 2.45) is 11.3 Å². The molecular formula is C29H32N2O10. The lowest BCUT2D eigenvalue weighted by Gasteiger charge is -2.33. The molecule has 0 saturated carbocycles. The minimum atomic E-state index is -1.84. The Morgan fingerprint density at radius 2 is 1.61 bits per heavy atom. The number of esters is 3. The highest BCUT2D eigenvalue weighted by atomic mass is 16.6. The third-order valence-corrected chi connectivity index (χ3v) is 6.58. The zero-order valence-corrected chi connectivity index (χ0v) is 23.2. The molecule has 12 heteroatoms. The molecule has 3 rings (SSSR count). The first-order chi connectivity index (χ1) is 19.3. The van der Waals surface area contributed by atoms with Crippen LogP contribution < -0.4 is 10.6 Å². The van der Waals surface area contributed by atoms with Gasteiger partial charge in [-0.3, -0.25) is 19.2 Å². The average molecular weight is 569 g/mol. The first-order valence-corrected chi connectivity index (χ1v) is 12.8. The molecule has 2 amide bonds. The Kier molecular flexibility index (Phi) is 9.48. The molecule has 1 saturated heterocycles. The zero-order valence-electron chi connectivity index (χ0n) is 23.2. The summed E-state index contributed by atoms with van der Waals surface area (Å²) in [5.41, 5.74) is -1.91. The number of hydrogen-bond acceptors (Lipinski definition) is 10. The molecule has 0 radical (unpaired) electrons. The van der Waals surface area contributed by atoms with Crippen molar-refractivity contribution >= 4 is 41.7 Å². The van der Waals surface area contributed by atoms with Gasteiger partial charge in [-0.2, -0.15) is 0 Å². The topological polar surface area (TPSA) is 174 Å². The number of ether oxygens (including phenoxy) is 3. The van der Waals surface area contributed by atoms with Gasteiger partial charge in [-0.05, 0) is 32.9 Å². The van der Waals surface area contributed by atoms with Crippen molar-refractivity contribution in [1.82, 2.24) is 5.32 Å². The highest BCUT2D eigenvalue weighted by Crippen LogP contribution is 2.33. The van der Waals surface area contributed by atoms with Crippen LogP contribution in [0.2, 0.25) is 0 Å². The Morgan fingerprint density at radius 1 is 0.951 bits per heavy atom. The summed E-state index contributed by atoms with van der Waals surface area (Å²) in [5, 5.41) is 15.0. The van der Waals surface area contributed by atoms with Crippen molar-refractivity contribution in [1.29, 1.82) is 0 Å². The second kappa shape index (κ2) is 12.6. The number of carbonyl (C=O) groups is 6. The Balaban J connectivity index is 2.02. The maximum Gasteiger partial charge on any atom is 0.348 e. The van der Waals surface area contributed by atoms with Crippen LogP contribution in [-0.4, -0.2) is 59.4 Å². The summed E-state index contributed by atoms with van der Waals surface area (Å²) in [5.74, 6) is -6.13. The van der Waals surface area contributed by atoms with Gasteiger partial charge in [-0.1, -0.05) is 50.2 Å². The van der Waals surface area contributed by atoms with Crippen LogP contribution in [0.4, 0.5) is 5.69 Å². The fourth-order valence-corrected chi connectivity index (χ4v) is 4.04. The number of phenols is 1. The van der Waals surface area contributed by atoms with Crippen LogP contribution in [0.15, 0.2) is 48.5 Å². The van der Waals surface area contributed by atoms with E-state index in [9.17, 15) is 33.9 Å². The first kappa shape index (κ1) is 30.8. The molecule has 1 aliphatic rings. The van der Waals surface area contributed by atoms with Crippen LogP contribution >= 0.6 is 0 Å². The van der Waals surface area contributed by atoms with E-state index >= 15 is 0 Å². The third kappa shape index (κ3) is 6.71. The number of cyclic esters (lactones) is 3. The molecular weight excluding hydrogens is 536 g/mol. The number of ketones is 1. The standard InChI is InChI=1S/C29H32N2O10/c1-15(2)22-27(37)41-23(17-10-7-6-8-11-17)24(34)29(4,5)28(38)39-16(3)20(26(36)40-22)31-25(35)18-12-9-13-19(21(18)33)30-14-32/h6-16,20,22-23,33H,1-5H3,(H,30,32)(H,31,35)/t16-,20+,22+,23-/m1/s1. The van der Waals surface area contributed by atoms with Gasteiger partial charge in [0.25, 0.3) is 5.91 Å². The van der Waals surface area contributed by atoms with Crippen LogP contribution in [0.1, 0.15) is 56.6 Å². The lowest BCUT2D eigenvalue weighted by Crippen LogP contribution is -2.54. The lowest BCUT2D eigenvalue weighted by atomic mass is 9.83. The molecule has 41 heavy (non-hydrogen) atoms. The van der Waals surface area contributed by atoms with Crippen molar-refractivity contribution in [2.45, 2.75) is 59.0 Å². The highest BCUT2D eigenvalue weighted by Gasteiger charge is 2.47. The van der Waals surface area contributed by atoms with E-state index in [2.05, 4.69) is 10.6 Å². The van der Waals surface area contributed by atoms with Crippen molar-refractivity contribution in [3.05, 3.63) is 59.7 Å². The summed E-state index contributed by atoms with van der Waals surface area (Å²) in [6.07, 6.45) is -4.06. The van der Waals surface area contributed by atoms with Gasteiger partial charge in [0.1, 0.15) is 11.5 Å². The highest BCUT2D eigenvalue weighted by molar-refractivity contribution is 6.06. The maximum atomic E-state index is 13.6. The van der Waals surface area contributed by atoms with Gasteiger partial charge < -0.3 is 30.0 Å². The number of carbonyl (C=O) groups excluding carboxylic acids is 6. The fraction of sp³-hybridized carbons (Fsp3) is 0.379. The molecule has 0 aromatic heterocycles. The van der Waals surface area contributed by atoms with Gasteiger partial charge in [0, 0.05) is 11.5 Å². The molecule has 1 fully saturated rings. The van der Waals surface area contributed by atoms with E-state index in [0.29, 0.717) is 12.0 Å². The number of nitrogens with one attached hydrogen (secondary N) is 2. The molecule has 0 aliphatic carbocycles. The van der Waals surface area contributed by atoms with Crippen molar-refractivity contribution in [2.75, 3.05) is 5.32 Å². The molecule has 4 atom stereocenters. The average Bonchev–Trinajstić information content (AvgIpc) is 2.93. The van der Waals surface area contributed by atoms with E-state index in [0.717, 1.165) is 0 Å². The molecule has 0 unspecified atom stereocenters. The first-order valence-electron chi connectivity index (χ1n) is 12.8. The second-order valence-electron chi connectivity index (χ2n) is 10.3. The number of hydrogen-bond donors (Lipinski definition) is 3. The molecule has 2 aromatic carbocycles.